The van der Waals surface area contributed by atoms with Crippen LogP contribution in [-0.4, -0.2) is 68.5 Å². The summed E-state index contributed by atoms with van der Waals surface area (Å²) in [5.41, 5.74) is 5.05. The molecule has 4 bridgehead atoms. The number of nitrogens with one attached hydrogen (secondary N) is 1. The van der Waals surface area contributed by atoms with E-state index in [1.807, 2.05) is 84.3 Å². The van der Waals surface area contributed by atoms with E-state index < -0.39 is 6.09 Å². The summed E-state index contributed by atoms with van der Waals surface area (Å²) in [6.07, 6.45) is 4.99. The van der Waals surface area contributed by atoms with Gasteiger partial charge in [-0.2, -0.15) is 10.1 Å². The molecule has 0 fully saturated rings. The molecule has 0 unspecified atom stereocenters. The fourth-order valence-corrected chi connectivity index (χ4v) is 5.81. The third-order valence-electron chi connectivity index (χ3n) is 8.15. The van der Waals surface area contributed by atoms with Gasteiger partial charge in [0.25, 0.3) is 5.56 Å². The molecule has 224 valence electrons. The number of aromatic nitrogens is 5. The minimum Gasteiger partial charge on any atom is -0.444 e. The normalized spacial score (nSPS) is 15.2. The average molecular weight is 592 g/mol. The average Bonchev–Trinajstić information content (AvgIpc) is 3.49. The van der Waals surface area contributed by atoms with Crippen molar-refractivity contribution in [3.05, 3.63) is 94.7 Å². The number of para-hydroxylation sites is 1. The van der Waals surface area contributed by atoms with E-state index >= 15 is 0 Å². The summed E-state index contributed by atoms with van der Waals surface area (Å²) in [6.45, 7) is 5.52. The van der Waals surface area contributed by atoms with Crippen molar-refractivity contribution < 1.29 is 9.53 Å². The lowest BCUT2D eigenvalue weighted by molar-refractivity contribution is 0.147. The standard InChI is InChI=1S/C32H33N9O3/c1-22-7-6-10-26-28(22)40(32(43)44-21-23-8-4-3-5-9-23)16-15-39(26)27-17-24-18-33-31-35-25-19-34-38(20-25)13-11-37(2)12-14-41(30(27)42)29(24)36-31/h3-10,17-20H,11-16,21H2,1-2H3,(H,33,35,36). The second-order valence-electron chi connectivity index (χ2n) is 11.2. The minimum absolute atomic E-state index is 0.149. The Morgan fingerprint density at radius 2 is 1.80 bits per heavy atom. The maximum Gasteiger partial charge on any atom is 0.414 e. The van der Waals surface area contributed by atoms with Gasteiger partial charge in [-0.15, -0.1) is 0 Å². The number of benzene rings is 2. The van der Waals surface area contributed by atoms with Gasteiger partial charge in [-0.3, -0.25) is 18.9 Å². The number of hydrogen-bond donors (Lipinski definition) is 1. The number of nitrogens with zero attached hydrogens (tertiary/aromatic N) is 8. The molecule has 7 rings (SSSR count). The molecule has 0 saturated heterocycles. The molecule has 0 aliphatic carbocycles. The van der Waals surface area contributed by atoms with E-state index in [0.29, 0.717) is 43.5 Å². The lowest BCUT2D eigenvalue weighted by Crippen LogP contribution is -2.44. The molecule has 2 aliphatic rings. The molecular weight excluding hydrogens is 558 g/mol. The topological polar surface area (TPSA) is 114 Å². The van der Waals surface area contributed by atoms with Gasteiger partial charge in [0.15, 0.2) is 0 Å². The van der Waals surface area contributed by atoms with Crippen LogP contribution in [0.25, 0.3) is 11.0 Å². The van der Waals surface area contributed by atoms with E-state index in [2.05, 4.69) is 20.3 Å². The van der Waals surface area contributed by atoms with Gasteiger partial charge in [0.1, 0.15) is 17.9 Å². The van der Waals surface area contributed by atoms with Gasteiger partial charge in [0.05, 0.1) is 29.8 Å². The lowest BCUT2D eigenvalue weighted by Gasteiger charge is -2.38. The van der Waals surface area contributed by atoms with Crippen LogP contribution in [0.5, 0.6) is 0 Å². The van der Waals surface area contributed by atoms with Crippen LogP contribution in [0.2, 0.25) is 0 Å². The summed E-state index contributed by atoms with van der Waals surface area (Å²) in [5.74, 6) is 0.397. The minimum atomic E-state index is -0.418. The highest BCUT2D eigenvalue weighted by Gasteiger charge is 2.32. The maximum absolute atomic E-state index is 14.3. The van der Waals surface area contributed by atoms with E-state index in [4.69, 9.17) is 9.72 Å². The van der Waals surface area contributed by atoms with Gasteiger partial charge in [-0.05, 0) is 37.2 Å². The second kappa shape index (κ2) is 11.5. The van der Waals surface area contributed by atoms with Gasteiger partial charge in [-0.1, -0.05) is 42.5 Å². The van der Waals surface area contributed by atoms with Crippen LogP contribution in [0.4, 0.5) is 33.5 Å². The summed E-state index contributed by atoms with van der Waals surface area (Å²) in [5, 5.41) is 8.38. The number of carbonyl (C=O) groups is 1. The van der Waals surface area contributed by atoms with Crippen molar-refractivity contribution in [1.29, 1.82) is 0 Å². The Morgan fingerprint density at radius 1 is 0.955 bits per heavy atom. The Kier molecular flexibility index (Phi) is 7.18. The first-order valence-electron chi connectivity index (χ1n) is 14.7. The molecule has 0 radical (unpaired) electrons. The van der Waals surface area contributed by atoms with Crippen LogP contribution in [0.15, 0.2) is 78.0 Å². The molecule has 44 heavy (non-hydrogen) atoms. The predicted octanol–water partition coefficient (Wildman–Crippen LogP) is 4.28. The molecule has 2 aliphatic heterocycles. The van der Waals surface area contributed by atoms with E-state index in [0.717, 1.165) is 46.7 Å². The molecule has 3 aromatic heterocycles. The van der Waals surface area contributed by atoms with Crippen molar-refractivity contribution in [3.63, 3.8) is 0 Å². The van der Waals surface area contributed by atoms with Crippen molar-refractivity contribution in [2.75, 3.05) is 48.3 Å². The maximum atomic E-state index is 14.3. The first-order valence-corrected chi connectivity index (χ1v) is 14.7. The van der Waals surface area contributed by atoms with Crippen LogP contribution in [0.1, 0.15) is 11.1 Å². The number of anilines is 5. The lowest BCUT2D eigenvalue weighted by atomic mass is 10.1. The van der Waals surface area contributed by atoms with Crippen molar-refractivity contribution in [2.24, 2.45) is 0 Å². The highest BCUT2D eigenvalue weighted by Crippen LogP contribution is 2.40. The zero-order valence-electron chi connectivity index (χ0n) is 24.7. The van der Waals surface area contributed by atoms with Crippen molar-refractivity contribution in [1.82, 2.24) is 29.2 Å². The van der Waals surface area contributed by atoms with Crippen LogP contribution in [0.3, 0.4) is 0 Å². The summed E-state index contributed by atoms with van der Waals surface area (Å²) in [6, 6.07) is 17.3. The molecular formula is C32H33N9O3. The summed E-state index contributed by atoms with van der Waals surface area (Å²) < 4.78 is 9.33. The SMILES string of the molecule is Cc1cccc2c1N(C(=O)OCc1ccccc1)CCN2c1cc2cnc3nc2n(c1=O)CCN(C)CCn1cc(cn1)N3. The van der Waals surface area contributed by atoms with E-state index in [1.165, 1.54) is 0 Å². The van der Waals surface area contributed by atoms with Crippen molar-refractivity contribution >= 4 is 45.8 Å². The second-order valence-corrected chi connectivity index (χ2v) is 11.2. The largest absolute Gasteiger partial charge is 0.444 e. The number of likely N-dealkylation sites (N-methyl/N-ethyl adjacent to an activating group) is 1. The molecule has 5 heterocycles. The number of hydrogen-bond acceptors (Lipinski definition) is 9. The molecule has 2 aromatic carbocycles. The smallest absolute Gasteiger partial charge is 0.414 e. The van der Waals surface area contributed by atoms with Crippen LogP contribution in [0, 0.1) is 6.92 Å². The van der Waals surface area contributed by atoms with Gasteiger partial charge >= 0.3 is 6.09 Å². The van der Waals surface area contributed by atoms with Crippen molar-refractivity contribution in [2.45, 2.75) is 26.6 Å². The van der Waals surface area contributed by atoms with Crippen LogP contribution < -0.4 is 20.7 Å². The molecule has 1 N–H and O–H groups in total. The number of fused-ring (bicyclic) bond motifs is 4. The number of pyridine rings is 1. The molecule has 12 heteroatoms. The molecule has 12 nitrogen and oxygen atoms in total. The third-order valence-corrected chi connectivity index (χ3v) is 8.15. The molecule has 0 saturated carbocycles. The zero-order valence-corrected chi connectivity index (χ0v) is 24.7. The number of rotatable bonds is 3. The Hall–Kier alpha value is -5.23. The first-order chi connectivity index (χ1) is 21.4. The Morgan fingerprint density at radius 3 is 2.66 bits per heavy atom. The molecule has 0 atom stereocenters. The van der Waals surface area contributed by atoms with Crippen LogP contribution >= 0.6 is 0 Å². The van der Waals surface area contributed by atoms with E-state index in [1.54, 1.807) is 21.9 Å². The third kappa shape index (κ3) is 5.24. The van der Waals surface area contributed by atoms with Gasteiger partial charge < -0.3 is 19.9 Å². The Labute approximate surface area is 254 Å². The summed E-state index contributed by atoms with van der Waals surface area (Å²) in [4.78, 5) is 42.8. The fraction of sp³-hybridized carbons (Fsp3) is 0.281. The monoisotopic (exact) mass is 591 g/mol. The van der Waals surface area contributed by atoms with Gasteiger partial charge in [-0.25, -0.2) is 9.78 Å². The summed E-state index contributed by atoms with van der Waals surface area (Å²) >= 11 is 0. The quantitative estimate of drug-likeness (QED) is 0.328. The van der Waals surface area contributed by atoms with E-state index in [9.17, 15) is 9.59 Å². The Balaban J connectivity index is 1.26. The zero-order chi connectivity index (χ0) is 30.2. The predicted molar refractivity (Wildman–Crippen MR) is 169 cm³/mol. The summed E-state index contributed by atoms with van der Waals surface area (Å²) in [7, 11) is 2.04. The number of amides is 1. The number of carbonyl (C=O) groups excluding carboxylic acids is 1. The molecule has 0 spiro atoms. The molecule has 1 amide bonds. The van der Waals surface area contributed by atoms with Crippen LogP contribution in [-0.2, 0) is 24.4 Å². The van der Waals surface area contributed by atoms with E-state index in [-0.39, 0.29) is 12.2 Å². The van der Waals surface area contributed by atoms with Gasteiger partial charge in [0, 0.05) is 50.5 Å². The number of aryl methyl sites for hydroxylation is 1. The Bertz CT molecular complexity index is 1900. The first kappa shape index (κ1) is 27.6. The number of ether oxygens (including phenoxy) is 1. The molecule has 5 aromatic rings. The highest BCUT2D eigenvalue weighted by atomic mass is 16.6. The van der Waals surface area contributed by atoms with Crippen molar-refractivity contribution in [3.8, 4) is 0 Å². The fourth-order valence-electron chi connectivity index (χ4n) is 5.81. The van der Waals surface area contributed by atoms with Gasteiger partial charge in [0.2, 0.25) is 5.95 Å². The highest BCUT2D eigenvalue weighted by molar-refractivity contribution is 5.97.